The number of hydrogen-bond donors (Lipinski definition) is 0. The Labute approximate surface area is 93.7 Å². The summed E-state index contributed by atoms with van der Waals surface area (Å²) in [6.07, 6.45) is 3.59. The summed E-state index contributed by atoms with van der Waals surface area (Å²) in [6.45, 7) is 1.85. The summed E-state index contributed by atoms with van der Waals surface area (Å²) in [5.41, 5.74) is 0.762. The second kappa shape index (κ2) is 4.68. The summed E-state index contributed by atoms with van der Waals surface area (Å²) < 4.78 is 27.4. The van der Waals surface area contributed by atoms with Gasteiger partial charge >= 0.3 is 0 Å². The largest absolute Gasteiger partial charge is 0.495 e. The molecule has 0 aliphatic heterocycles. The molecule has 3 nitrogen and oxygen atoms in total. The molecule has 0 N–H and O–H groups in total. The molecule has 0 bridgehead atoms. The molecule has 1 aromatic rings. The first-order chi connectivity index (χ1) is 6.99. The molecule has 0 radical (unpaired) electrons. The fourth-order valence-electron chi connectivity index (χ4n) is 1.18. The zero-order valence-electron chi connectivity index (χ0n) is 8.40. The number of ether oxygens (including phenoxy) is 1. The van der Waals surface area contributed by atoms with E-state index in [1.807, 2.05) is 13.0 Å². The van der Waals surface area contributed by atoms with Gasteiger partial charge < -0.3 is 4.74 Å². The van der Waals surface area contributed by atoms with Crippen LogP contribution in [0.15, 0.2) is 29.2 Å². The van der Waals surface area contributed by atoms with E-state index < -0.39 is 9.05 Å². The molecule has 15 heavy (non-hydrogen) atoms. The quantitative estimate of drug-likeness (QED) is 0.770. The molecule has 82 valence electrons. The van der Waals surface area contributed by atoms with Crippen LogP contribution in [-0.2, 0) is 9.05 Å². The van der Waals surface area contributed by atoms with E-state index in [0.29, 0.717) is 0 Å². The smallest absolute Gasteiger partial charge is 0.265 e. The van der Waals surface area contributed by atoms with Gasteiger partial charge in [0, 0.05) is 10.7 Å². The van der Waals surface area contributed by atoms with Gasteiger partial charge in [0.25, 0.3) is 9.05 Å². The molecule has 1 aromatic carbocycles. The Hall–Kier alpha value is -1.000. The van der Waals surface area contributed by atoms with Gasteiger partial charge in [0.1, 0.15) is 10.6 Å². The molecule has 0 amide bonds. The average Bonchev–Trinajstić information content (AvgIpc) is 2.17. The van der Waals surface area contributed by atoms with Crippen LogP contribution in [0.3, 0.4) is 0 Å². The SMILES string of the molecule is CC=Cc1ccc(OC)c(S(=O)(=O)Cl)c1. The summed E-state index contributed by atoms with van der Waals surface area (Å²) in [5, 5.41) is 0. The molecular weight excluding hydrogens is 236 g/mol. The van der Waals surface area contributed by atoms with Crippen molar-refractivity contribution in [3.05, 3.63) is 29.8 Å². The van der Waals surface area contributed by atoms with E-state index in [1.165, 1.54) is 13.2 Å². The highest BCUT2D eigenvalue weighted by Gasteiger charge is 2.16. The summed E-state index contributed by atoms with van der Waals surface area (Å²) in [4.78, 5) is -0.0118. The zero-order chi connectivity index (χ0) is 11.5. The van der Waals surface area contributed by atoms with Crippen molar-refractivity contribution in [2.45, 2.75) is 11.8 Å². The maximum absolute atomic E-state index is 11.2. The molecule has 1 rings (SSSR count). The van der Waals surface area contributed by atoms with Gasteiger partial charge in [0.15, 0.2) is 0 Å². The monoisotopic (exact) mass is 246 g/mol. The van der Waals surface area contributed by atoms with Crippen molar-refractivity contribution in [2.75, 3.05) is 7.11 Å². The van der Waals surface area contributed by atoms with Crippen molar-refractivity contribution in [1.82, 2.24) is 0 Å². The summed E-state index contributed by atoms with van der Waals surface area (Å²) in [7, 11) is 2.91. The molecular formula is C10H11ClO3S. The van der Waals surface area contributed by atoms with Crippen LogP contribution in [0.5, 0.6) is 5.75 Å². The Kier molecular flexibility index (Phi) is 3.77. The lowest BCUT2D eigenvalue weighted by molar-refractivity contribution is 0.403. The van der Waals surface area contributed by atoms with Gasteiger partial charge in [-0.05, 0) is 24.6 Å². The lowest BCUT2D eigenvalue weighted by Gasteiger charge is -2.06. The minimum atomic E-state index is -3.77. The Morgan fingerprint density at radius 1 is 1.40 bits per heavy atom. The number of rotatable bonds is 3. The van der Waals surface area contributed by atoms with E-state index in [-0.39, 0.29) is 10.6 Å². The van der Waals surface area contributed by atoms with Crippen LogP contribution in [0.4, 0.5) is 0 Å². The maximum Gasteiger partial charge on any atom is 0.265 e. The fourth-order valence-corrected chi connectivity index (χ4v) is 2.21. The number of hydrogen-bond acceptors (Lipinski definition) is 3. The topological polar surface area (TPSA) is 43.4 Å². The van der Waals surface area contributed by atoms with E-state index in [9.17, 15) is 8.42 Å². The van der Waals surface area contributed by atoms with Crippen LogP contribution in [-0.4, -0.2) is 15.5 Å². The second-order valence-electron chi connectivity index (χ2n) is 2.85. The first-order valence-corrected chi connectivity index (χ1v) is 6.55. The van der Waals surface area contributed by atoms with Gasteiger partial charge in [-0.3, -0.25) is 0 Å². The number of allylic oxidation sites excluding steroid dienone is 1. The number of halogens is 1. The van der Waals surface area contributed by atoms with Gasteiger partial charge in [-0.15, -0.1) is 0 Å². The van der Waals surface area contributed by atoms with E-state index in [2.05, 4.69) is 0 Å². The Morgan fingerprint density at radius 2 is 2.07 bits per heavy atom. The second-order valence-corrected chi connectivity index (χ2v) is 5.38. The van der Waals surface area contributed by atoms with Crippen LogP contribution in [0, 0.1) is 0 Å². The van der Waals surface area contributed by atoms with E-state index in [4.69, 9.17) is 15.4 Å². The highest BCUT2D eigenvalue weighted by Crippen LogP contribution is 2.28. The van der Waals surface area contributed by atoms with Crippen molar-refractivity contribution in [2.24, 2.45) is 0 Å². The first kappa shape index (κ1) is 12.1. The van der Waals surface area contributed by atoms with Gasteiger partial charge in [-0.2, -0.15) is 0 Å². The van der Waals surface area contributed by atoms with Crippen molar-refractivity contribution in [3.8, 4) is 5.75 Å². The van der Waals surface area contributed by atoms with Gasteiger partial charge in [0.05, 0.1) is 7.11 Å². The number of benzene rings is 1. The maximum atomic E-state index is 11.2. The van der Waals surface area contributed by atoms with E-state index in [0.717, 1.165) is 5.56 Å². The Morgan fingerprint density at radius 3 is 2.53 bits per heavy atom. The molecule has 0 heterocycles. The molecule has 0 saturated carbocycles. The molecule has 0 saturated heterocycles. The highest BCUT2D eigenvalue weighted by atomic mass is 35.7. The van der Waals surface area contributed by atoms with Crippen molar-refractivity contribution in [3.63, 3.8) is 0 Å². The van der Waals surface area contributed by atoms with Gasteiger partial charge in [-0.25, -0.2) is 8.42 Å². The number of methoxy groups -OCH3 is 1. The third kappa shape index (κ3) is 2.97. The minimum absolute atomic E-state index is 0.0118. The third-order valence-corrected chi connectivity index (χ3v) is 3.15. The van der Waals surface area contributed by atoms with Crippen molar-refractivity contribution >= 4 is 25.8 Å². The summed E-state index contributed by atoms with van der Waals surface area (Å²) in [5.74, 6) is 0.248. The van der Waals surface area contributed by atoms with Crippen LogP contribution < -0.4 is 4.74 Å². The highest BCUT2D eigenvalue weighted by molar-refractivity contribution is 8.13. The predicted octanol–water partition coefficient (Wildman–Crippen LogP) is 2.66. The Bertz CT molecular complexity index is 477. The van der Waals surface area contributed by atoms with Crippen LogP contribution >= 0.6 is 10.7 Å². The van der Waals surface area contributed by atoms with Crippen LogP contribution in [0.25, 0.3) is 6.08 Å². The molecule has 0 aromatic heterocycles. The standard InChI is InChI=1S/C10H11ClO3S/c1-3-4-8-5-6-9(14-2)10(7-8)15(11,12)13/h3-7H,1-2H3. The first-order valence-electron chi connectivity index (χ1n) is 4.24. The van der Waals surface area contributed by atoms with Crippen LogP contribution in [0.1, 0.15) is 12.5 Å². The van der Waals surface area contributed by atoms with Crippen LogP contribution in [0.2, 0.25) is 0 Å². The van der Waals surface area contributed by atoms with Crippen molar-refractivity contribution in [1.29, 1.82) is 0 Å². The minimum Gasteiger partial charge on any atom is -0.495 e. The zero-order valence-corrected chi connectivity index (χ0v) is 9.97. The normalized spacial score (nSPS) is 11.9. The molecule has 0 unspecified atom stereocenters. The summed E-state index contributed by atoms with van der Waals surface area (Å²) >= 11 is 0. The lowest BCUT2D eigenvalue weighted by Crippen LogP contribution is -1.96. The molecule has 5 heteroatoms. The molecule has 0 spiro atoms. The molecule has 0 aliphatic carbocycles. The van der Waals surface area contributed by atoms with Gasteiger partial charge in [0.2, 0.25) is 0 Å². The third-order valence-electron chi connectivity index (χ3n) is 1.81. The molecule has 0 atom stereocenters. The van der Waals surface area contributed by atoms with Crippen molar-refractivity contribution < 1.29 is 13.2 Å². The Balaban J connectivity index is 3.39. The molecule has 0 aliphatic rings. The lowest BCUT2D eigenvalue weighted by atomic mass is 10.2. The molecule has 0 fully saturated rings. The van der Waals surface area contributed by atoms with E-state index in [1.54, 1.807) is 18.2 Å². The average molecular weight is 247 g/mol. The van der Waals surface area contributed by atoms with E-state index >= 15 is 0 Å². The fraction of sp³-hybridized carbons (Fsp3) is 0.200. The van der Waals surface area contributed by atoms with Gasteiger partial charge in [-0.1, -0.05) is 18.2 Å². The summed E-state index contributed by atoms with van der Waals surface area (Å²) in [6, 6.07) is 4.80. The predicted molar refractivity (Wildman–Crippen MR) is 60.7 cm³/mol.